The molecule has 32 heavy (non-hydrogen) atoms. The van der Waals surface area contributed by atoms with E-state index in [0.29, 0.717) is 6.54 Å². The van der Waals surface area contributed by atoms with Crippen molar-refractivity contribution in [3.63, 3.8) is 0 Å². The summed E-state index contributed by atoms with van der Waals surface area (Å²) in [5, 5.41) is 6.54. The molecule has 1 fully saturated rings. The molecular weight excluding hydrogens is 408 g/mol. The molecule has 0 radical (unpaired) electrons. The van der Waals surface area contributed by atoms with Crippen LogP contribution >= 0.6 is 0 Å². The second-order valence-electron chi connectivity index (χ2n) is 10.5. The van der Waals surface area contributed by atoms with E-state index >= 15 is 0 Å². The third-order valence-electron chi connectivity index (χ3n) is 5.30. The third kappa shape index (κ3) is 9.47. The van der Waals surface area contributed by atoms with Gasteiger partial charge in [0.25, 0.3) is 0 Å². The minimum atomic E-state index is -0.527. The maximum Gasteiger partial charge on any atom is 0.407 e. The molecule has 1 saturated carbocycles. The van der Waals surface area contributed by atoms with Crippen LogP contribution in [0.4, 0.5) is 4.79 Å². The number of esters is 1. The molecule has 0 aliphatic heterocycles. The fraction of sp³-hybridized carbons (Fsp3) is 0.680. The summed E-state index contributed by atoms with van der Waals surface area (Å²) in [4.78, 5) is 24.7. The van der Waals surface area contributed by atoms with Crippen LogP contribution in [0.3, 0.4) is 0 Å². The molecule has 180 valence electrons. The van der Waals surface area contributed by atoms with E-state index in [9.17, 15) is 9.59 Å². The van der Waals surface area contributed by atoms with Crippen molar-refractivity contribution in [2.45, 2.75) is 97.1 Å². The minimum absolute atomic E-state index is 0.0405. The van der Waals surface area contributed by atoms with Crippen molar-refractivity contribution in [2.75, 3.05) is 7.11 Å². The van der Waals surface area contributed by atoms with Gasteiger partial charge in [-0.3, -0.25) is 4.79 Å². The van der Waals surface area contributed by atoms with Crippen molar-refractivity contribution in [3.05, 3.63) is 29.8 Å². The second kappa shape index (κ2) is 11.0. The Kier molecular flexibility index (Phi) is 8.96. The summed E-state index contributed by atoms with van der Waals surface area (Å²) >= 11 is 0. The summed E-state index contributed by atoms with van der Waals surface area (Å²) in [5.74, 6) is 0.847. The van der Waals surface area contributed by atoms with Crippen molar-refractivity contribution in [1.82, 2.24) is 10.6 Å². The normalized spacial score (nSPS) is 19.8. The Morgan fingerprint density at radius 2 is 1.62 bits per heavy atom. The first-order valence-corrected chi connectivity index (χ1v) is 11.4. The highest BCUT2D eigenvalue weighted by Crippen LogP contribution is 2.31. The predicted octanol–water partition coefficient (Wildman–Crippen LogP) is 4.58. The molecule has 1 unspecified atom stereocenters. The van der Waals surface area contributed by atoms with Crippen molar-refractivity contribution < 1.29 is 23.8 Å². The molecule has 1 aliphatic carbocycles. The summed E-state index contributed by atoms with van der Waals surface area (Å²) in [6.45, 7) is 11.8. The summed E-state index contributed by atoms with van der Waals surface area (Å²) in [5.41, 5.74) is 0.0661. The monoisotopic (exact) mass is 448 g/mol. The highest BCUT2D eigenvalue weighted by atomic mass is 16.6. The number of carbonyl (C=O) groups excluding carboxylic acids is 2. The molecular formula is C25H40N2O5. The van der Waals surface area contributed by atoms with Gasteiger partial charge in [-0.1, -0.05) is 12.1 Å². The molecule has 0 aromatic heterocycles. The molecule has 7 nitrogen and oxygen atoms in total. The van der Waals surface area contributed by atoms with E-state index in [4.69, 9.17) is 14.2 Å². The Morgan fingerprint density at radius 3 is 2.19 bits per heavy atom. The molecule has 1 aliphatic rings. The number of ether oxygens (including phenoxy) is 3. The molecule has 0 saturated heterocycles. The Labute approximate surface area is 192 Å². The Hall–Kier alpha value is -2.28. The average molecular weight is 449 g/mol. The predicted molar refractivity (Wildman–Crippen MR) is 125 cm³/mol. The van der Waals surface area contributed by atoms with Gasteiger partial charge in [0, 0.05) is 18.6 Å². The molecule has 0 spiro atoms. The van der Waals surface area contributed by atoms with Crippen LogP contribution in [0.25, 0.3) is 0 Å². The number of hydrogen-bond acceptors (Lipinski definition) is 6. The molecule has 0 bridgehead atoms. The summed E-state index contributed by atoms with van der Waals surface area (Å²) in [7, 11) is 1.64. The molecule has 1 amide bonds. The highest BCUT2D eigenvalue weighted by molar-refractivity contribution is 5.70. The first-order valence-electron chi connectivity index (χ1n) is 11.4. The van der Waals surface area contributed by atoms with Gasteiger partial charge in [0.15, 0.2) is 0 Å². The van der Waals surface area contributed by atoms with E-state index < -0.39 is 17.3 Å². The van der Waals surface area contributed by atoms with E-state index in [1.54, 1.807) is 7.11 Å². The largest absolute Gasteiger partial charge is 0.497 e. The molecule has 1 aromatic carbocycles. The number of rotatable bonds is 8. The SMILES string of the molecule is COc1ccc(CNC(CC(=O)OC(C)(C)C)[C@H]2CC[C@@H](NC(=O)OC(C)(C)C)C2)cc1. The molecule has 7 heteroatoms. The zero-order valence-electron chi connectivity index (χ0n) is 20.6. The van der Waals surface area contributed by atoms with E-state index in [1.165, 1.54) is 0 Å². The molecule has 3 atom stereocenters. The zero-order valence-corrected chi connectivity index (χ0v) is 20.6. The van der Waals surface area contributed by atoms with Crippen molar-refractivity contribution in [3.8, 4) is 5.75 Å². The summed E-state index contributed by atoms with van der Waals surface area (Å²) in [6, 6.07) is 7.87. The standard InChI is InChI=1S/C25H40N2O5/c1-24(2,3)31-22(28)15-21(26-16-17-8-12-20(30-7)13-9-17)18-10-11-19(14-18)27-23(29)32-25(4,5)6/h8-9,12-13,18-19,21,26H,10-11,14-16H2,1-7H3,(H,27,29)/t18-,19+,21?/m0/s1. The lowest BCUT2D eigenvalue weighted by atomic mass is 9.94. The minimum Gasteiger partial charge on any atom is -0.497 e. The van der Waals surface area contributed by atoms with Crippen molar-refractivity contribution in [1.29, 1.82) is 0 Å². The van der Waals surface area contributed by atoms with Gasteiger partial charge in [-0.2, -0.15) is 0 Å². The number of benzene rings is 1. The topological polar surface area (TPSA) is 85.9 Å². The first-order chi connectivity index (χ1) is 14.8. The van der Waals surface area contributed by atoms with E-state index in [1.807, 2.05) is 65.8 Å². The van der Waals surface area contributed by atoms with Crippen LogP contribution in [0.5, 0.6) is 5.75 Å². The molecule has 1 aromatic rings. The van der Waals surface area contributed by atoms with E-state index in [0.717, 1.165) is 30.6 Å². The fourth-order valence-corrected chi connectivity index (χ4v) is 3.95. The highest BCUT2D eigenvalue weighted by Gasteiger charge is 2.34. The van der Waals surface area contributed by atoms with Gasteiger partial charge in [-0.05, 0) is 84.4 Å². The number of nitrogens with one attached hydrogen (secondary N) is 2. The second-order valence-corrected chi connectivity index (χ2v) is 10.5. The maximum absolute atomic E-state index is 12.6. The fourth-order valence-electron chi connectivity index (χ4n) is 3.95. The van der Waals surface area contributed by atoms with Crippen LogP contribution in [0.1, 0.15) is 72.8 Å². The summed E-state index contributed by atoms with van der Waals surface area (Å²) in [6.07, 6.45) is 2.47. The number of amides is 1. The maximum atomic E-state index is 12.6. The van der Waals surface area contributed by atoms with Gasteiger partial charge in [-0.25, -0.2) is 4.79 Å². The van der Waals surface area contributed by atoms with Crippen molar-refractivity contribution in [2.24, 2.45) is 5.92 Å². The lowest BCUT2D eigenvalue weighted by molar-refractivity contribution is -0.155. The van der Waals surface area contributed by atoms with Crippen LogP contribution in [0.15, 0.2) is 24.3 Å². The van der Waals surface area contributed by atoms with Crippen LogP contribution in [-0.2, 0) is 20.8 Å². The number of alkyl carbamates (subject to hydrolysis) is 1. The quantitative estimate of drug-likeness (QED) is 0.566. The third-order valence-corrected chi connectivity index (χ3v) is 5.30. The Morgan fingerprint density at radius 1 is 1.00 bits per heavy atom. The number of carbonyl (C=O) groups is 2. The van der Waals surface area contributed by atoms with Gasteiger partial charge < -0.3 is 24.8 Å². The smallest absolute Gasteiger partial charge is 0.407 e. The zero-order chi connectivity index (χ0) is 23.9. The molecule has 2 rings (SSSR count). The Balaban J connectivity index is 2.00. The van der Waals surface area contributed by atoms with Crippen molar-refractivity contribution >= 4 is 12.1 Å². The number of methoxy groups -OCH3 is 1. The molecule has 0 heterocycles. The van der Waals surface area contributed by atoms with Crippen LogP contribution < -0.4 is 15.4 Å². The van der Waals surface area contributed by atoms with E-state index in [2.05, 4.69) is 10.6 Å². The first kappa shape index (κ1) is 26.0. The summed E-state index contributed by atoms with van der Waals surface area (Å²) < 4.78 is 16.2. The van der Waals surface area contributed by atoms with Crippen LogP contribution in [0.2, 0.25) is 0 Å². The lowest BCUT2D eigenvalue weighted by Crippen LogP contribution is -2.41. The van der Waals surface area contributed by atoms with Gasteiger partial charge in [0.05, 0.1) is 13.5 Å². The van der Waals surface area contributed by atoms with E-state index in [-0.39, 0.29) is 30.4 Å². The number of hydrogen-bond donors (Lipinski definition) is 2. The van der Waals surface area contributed by atoms with Gasteiger partial charge >= 0.3 is 12.1 Å². The van der Waals surface area contributed by atoms with Crippen LogP contribution in [-0.4, -0.2) is 42.5 Å². The van der Waals surface area contributed by atoms with Gasteiger partial charge in [-0.15, -0.1) is 0 Å². The molecule has 2 N–H and O–H groups in total. The van der Waals surface area contributed by atoms with Crippen LogP contribution in [0, 0.1) is 5.92 Å². The Bertz CT molecular complexity index is 749. The van der Waals surface area contributed by atoms with Gasteiger partial charge in [0.2, 0.25) is 0 Å². The average Bonchev–Trinajstić information content (AvgIpc) is 3.10. The lowest BCUT2D eigenvalue weighted by Gasteiger charge is -2.27. The van der Waals surface area contributed by atoms with Gasteiger partial charge in [0.1, 0.15) is 17.0 Å².